The summed E-state index contributed by atoms with van der Waals surface area (Å²) in [5.41, 5.74) is 8.13. The van der Waals surface area contributed by atoms with Crippen LogP contribution in [0.25, 0.3) is 0 Å². The minimum absolute atomic E-state index is 0.122. The molecule has 1 saturated heterocycles. The van der Waals surface area contributed by atoms with E-state index in [4.69, 9.17) is 5.73 Å². The van der Waals surface area contributed by atoms with E-state index in [1.54, 1.807) is 0 Å². The van der Waals surface area contributed by atoms with Crippen LogP contribution in [0.3, 0.4) is 0 Å². The van der Waals surface area contributed by atoms with E-state index in [2.05, 4.69) is 12.1 Å². The van der Waals surface area contributed by atoms with Crippen molar-refractivity contribution < 1.29 is 9.59 Å². The molecule has 1 aromatic carbocycles. The summed E-state index contributed by atoms with van der Waals surface area (Å²) in [5.74, 6) is -0.321. The zero-order chi connectivity index (χ0) is 14.3. The predicted octanol–water partition coefficient (Wildman–Crippen LogP) is 0.482. The van der Waals surface area contributed by atoms with Gasteiger partial charge in [-0.25, -0.2) is 0 Å². The van der Waals surface area contributed by atoms with Gasteiger partial charge in [-0.15, -0.1) is 0 Å². The lowest BCUT2D eigenvalue weighted by atomic mass is 9.95. The first kappa shape index (κ1) is 13.1. The molecule has 0 aromatic heterocycles. The fourth-order valence-corrected chi connectivity index (χ4v) is 2.71. The SMILES string of the molecule is CN1C(=O)CN(c2cccc(C3(CN)CC3)c2)CC1=O. The molecule has 3 rings (SSSR count). The number of hydrogen-bond donors (Lipinski definition) is 1. The molecule has 1 aliphatic heterocycles. The maximum absolute atomic E-state index is 11.8. The van der Waals surface area contributed by atoms with E-state index in [1.165, 1.54) is 17.5 Å². The predicted molar refractivity (Wildman–Crippen MR) is 76.4 cm³/mol. The van der Waals surface area contributed by atoms with E-state index in [9.17, 15) is 9.59 Å². The van der Waals surface area contributed by atoms with Crippen molar-refractivity contribution in [3.05, 3.63) is 29.8 Å². The molecule has 1 heterocycles. The van der Waals surface area contributed by atoms with Gasteiger partial charge in [0.05, 0.1) is 13.1 Å². The molecular weight excluding hydrogens is 254 g/mol. The monoisotopic (exact) mass is 273 g/mol. The van der Waals surface area contributed by atoms with Crippen molar-refractivity contribution in [2.45, 2.75) is 18.3 Å². The Hall–Kier alpha value is -1.88. The quantitative estimate of drug-likeness (QED) is 0.814. The summed E-state index contributed by atoms with van der Waals surface area (Å²) in [6, 6.07) is 8.09. The normalized spacial score (nSPS) is 21.3. The molecule has 1 saturated carbocycles. The Morgan fingerprint density at radius 1 is 1.20 bits per heavy atom. The molecule has 2 aliphatic rings. The Balaban J connectivity index is 1.86. The molecule has 5 heteroatoms. The molecule has 2 N–H and O–H groups in total. The van der Waals surface area contributed by atoms with Crippen LogP contribution < -0.4 is 10.6 Å². The van der Waals surface area contributed by atoms with Gasteiger partial charge >= 0.3 is 0 Å². The number of rotatable bonds is 3. The number of likely N-dealkylation sites (N-methyl/N-ethyl adjacent to an activating group) is 1. The van der Waals surface area contributed by atoms with Crippen molar-refractivity contribution in [3.8, 4) is 0 Å². The van der Waals surface area contributed by atoms with Gasteiger partial charge in [0.15, 0.2) is 0 Å². The average Bonchev–Trinajstić information content (AvgIpc) is 3.25. The van der Waals surface area contributed by atoms with Crippen molar-refractivity contribution in [3.63, 3.8) is 0 Å². The summed E-state index contributed by atoms with van der Waals surface area (Å²) in [5, 5.41) is 0. The van der Waals surface area contributed by atoms with Gasteiger partial charge < -0.3 is 10.6 Å². The molecule has 0 atom stereocenters. The molecule has 1 aromatic rings. The summed E-state index contributed by atoms with van der Waals surface area (Å²) < 4.78 is 0. The van der Waals surface area contributed by atoms with Gasteiger partial charge in [-0.2, -0.15) is 0 Å². The topological polar surface area (TPSA) is 66.6 Å². The van der Waals surface area contributed by atoms with Gasteiger partial charge in [-0.1, -0.05) is 12.1 Å². The third-order valence-corrected chi connectivity index (χ3v) is 4.47. The molecule has 106 valence electrons. The molecule has 0 radical (unpaired) electrons. The van der Waals surface area contributed by atoms with Crippen LogP contribution in [-0.2, 0) is 15.0 Å². The van der Waals surface area contributed by atoms with Crippen molar-refractivity contribution in [1.82, 2.24) is 4.90 Å². The number of hydrogen-bond acceptors (Lipinski definition) is 4. The number of carbonyl (C=O) groups is 2. The van der Waals surface area contributed by atoms with Crippen LogP contribution >= 0.6 is 0 Å². The molecule has 0 unspecified atom stereocenters. The highest BCUT2D eigenvalue weighted by Crippen LogP contribution is 2.47. The number of amides is 2. The molecule has 0 spiro atoms. The van der Waals surface area contributed by atoms with E-state index >= 15 is 0 Å². The van der Waals surface area contributed by atoms with Crippen LogP contribution in [0.2, 0.25) is 0 Å². The lowest BCUT2D eigenvalue weighted by molar-refractivity contribution is -0.143. The number of nitrogens with zero attached hydrogens (tertiary/aromatic N) is 2. The highest BCUT2D eigenvalue weighted by Gasteiger charge is 2.43. The Morgan fingerprint density at radius 2 is 1.85 bits per heavy atom. The largest absolute Gasteiger partial charge is 0.353 e. The molecule has 0 bridgehead atoms. The Bertz CT molecular complexity index is 548. The van der Waals surface area contributed by atoms with Crippen LogP contribution in [0.15, 0.2) is 24.3 Å². The van der Waals surface area contributed by atoms with E-state index in [-0.39, 0.29) is 30.3 Å². The highest BCUT2D eigenvalue weighted by molar-refractivity contribution is 6.02. The zero-order valence-corrected chi connectivity index (χ0v) is 11.6. The van der Waals surface area contributed by atoms with Crippen molar-refractivity contribution in [1.29, 1.82) is 0 Å². The van der Waals surface area contributed by atoms with Crippen molar-refractivity contribution >= 4 is 17.5 Å². The first-order valence-electron chi connectivity index (χ1n) is 6.91. The summed E-state index contributed by atoms with van der Waals surface area (Å²) in [4.78, 5) is 26.6. The van der Waals surface area contributed by atoms with Gasteiger partial charge in [0.2, 0.25) is 11.8 Å². The molecule has 5 nitrogen and oxygen atoms in total. The number of imide groups is 1. The van der Waals surface area contributed by atoms with Crippen molar-refractivity contribution in [2.75, 3.05) is 31.6 Å². The van der Waals surface area contributed by atoms with Crippen LogP contribution in [0.4, 0.5) is 5.69 Å². The van der Waals surface area contributed by atoms with Gasteiger partial charge in [0, 0.05) is 24.7 Å². The molecular formula is C15H19N3O2. The second-order valence-electron chi connectivity index (χ2n) is 5.74. The van der Waals surface area contributed by atoms with Crippen LogP contribution in [0.5, 0.6) is 0 Å². The average molecular weight is 273 g/mol. The lowest BCUT2D eigenvalue weighted by Crippen LogP contribution is -2.52. The van der Waals surface area contributed by atoms with Gasteiger partial charge in [0.1, 0.15) is 0 Å². The highest BCUT2D eigenvalue weighted by atomic mass is 16.2. The molecule has 20 heavy (non-hydrogen) atoms. The first-order chi connectivity index (χ1) is 9.55. The minimum atomic E-state index is -0.161. The first-order valence-corrected chi connectivity index (χ1v) is 6.91. The van der Waals surface area contributed by atoms with Gasteiger partial charge in [-0.3, -0.25) is 14.5 Å². The second-order valence-corrected chi connectivity index (χ2v) is 5.74. The second kappa shape index (κ2) is 4.59. The van der Waals surface area contributed by atoms with E-state index in [1.807, 2.05) is 17.0 Å². The van der Waals surface area contributed by atoms with Gasteiger partial charge in [-0.05, 0) is 30.5 Å². The fourth-order valence-electron chi connectivity index (χ4n) is 2.71. The van der Waals surface area contributed by atoms with Crippen LogP contribution in [0.1, 0.15) is 18.4 Å². The van der Waals surface area contributed by atoms with Crippen molar-refractivity contribution in [2.24, 2.45) is 5.73 Å². The maximum Gasteiger partial charge on any atom is 0.248 e. The van der Waals surface area contributed by atoms with Crippen LogP contribution in [0, 0.1) is 0 Å². The summed E-state index contributed by atoms with van der Waals surface area (Å²) >= 11 is 0. The maximum atomic E-state index is 11.8. The fraction of sp³-hybridized carbons (Fsp3) is 0.467. The number of piperazine rings is 1. The molecule has 2 fully saturated rings. The standard InChI is InChI=1S/C15H19N3O2/c1-17-13(19)8-18(9-14(17)20)12-4-2-3-11(7-12)15(10-16)5-6-15/h2-4,7H,5-6,8-10,16H2,1H3. The third kappa shape index (κ3) is 2.08. The van der Waals surface area contributed by atoms with Crippen LogP contribution in [-0.4, -0.2) is 43.4 Å². The molecule has 1 aliphatic carbocycles. The number of anilines is 1. The summed E-state index contributed by atoms with van der Waals surface area (Å²) in [7, 11) is 1.53. The lowest BCUT2D eigenvalue weighted by Gasteiger charge is -2.32. The Morgan fingerprint density at radius 3 is 2.40 bits per heavy atom. The summed E-state index contributed by atoms with van der Waals surface area (Å²) in [6.45, 7) is 1.15. The Kier molecular flexibility index (Phi) is 3.01. The number of nitrogens with two attached hydrogens (primary N) is 1. The third-order valence-electron chi connectivity index (χ3n) is 4.47. The van der Waals surface area contributed by atoms with E-state index in [0.29, 0.717) is 6.54 Å². The van der Waals surface area contributed by atoms with E-state index < -0.39 is 0 Å². The van der Waals surface area contributed by atoms with Gasteiger partial charge in [0.25, 0.3) is 0 Å². The smallest absolute Gasteiger partial charge is 0.248 e. The number of benzene rings is 1. The van der Waals surface area contributed by atoms with E-state index in [0.717, 1.165) is 18.5 Å². The minimum Gasteiger partial charge on any atom is -0.353 e. The Labute approximate surface area is 118 Å². The molecule has 2 amide bonds. The summed E-state index contributed by atoms with van der Waals surface area (Å²) in [6.07, 6.45) is 2.24. The number of carbonyl (C=O) groups excluding carboxylic acids is 2. The zero-order valence-electron chi connectivity index (χ0n) is 11.6.